The van der Waals surface area contributed by atoms with Crippen LogP contribution in [0, 0.1) is 0 Å². The maximum atomic E-state index is 6.62. The van der Waals surface area contributed by atoms with E-state index >= 15 is 0 Å². The highest BCUT2D eigenvalue weighted by Gasteiger charge is 2.32. The van der Waals surface area contributed by atoms with E-state index in [1.165, 1.54) is 11.1 Å². The van der Waals surface area contributed by atoms with Gasteiger partial charge < -0.3 is 5.73 Å². The summed E-state index contributed by atoms with van der Waals surface area (Å²) in [5, 5.41) is 0.767. The number of piperidine rings is 1. The lowest BCUT2D eigenvalue weighted by Crippen LogP contribution is -2.47. The molecule has 3 heteroatoms. The summed E-state index contributed by atoms with van der Waals surface area (Å²) in [6.45, 7) is 3.08. The summed E-state index contributed by atoms with van der Waals surface area (Å²) < 4.78 is 0. The van der Waals surface area contributed by atoms with Gasteiger partial charge in [0.1, 0.15) is 0 Å². The Bertz CT molecular complexity index is 572. The summed E-state index contributed by atoms with van der Waals surface area (Å²) in [6, 6.07) is 18.6. The van der Waals surface area contributed by atoms with Gasteiger partial charge in [0.25, 0.3) is 0 Å². The van der Waals surface area contributed by atoms with Gasteiger partial charge in [-0.1, -0.05) is 54.1 Å². The Balaban J connectivity index is 1.63. The number of rotatable bonds is 3. The molecule has 110 valence electrons. The molecule has 1 saturated heterocycles. The molecule has 0 radical (unpaired) electrons. The Morgan fingerprint density at radius 1 is 0.952 bits per heavy atom. The van der Waals surface area contributed by atoms with Crippen molar-refractivity contribution in [3.63, 3.8) is 0 Å². The average molecular weight is 301 g/mol. The SMILES string of the molecule is NC1(c2ccc(Cl)cc2)CCN(Cc2ccccc2)CC1. The summed E-state index contributed by atoms with van der Waals surface area (Å²) in [5.41, 5.74) is 8.98. The van der Waals surface area contributed by atoms with Crippen LogP contribution in [0.2, 0.25) is 5.02 Å². The minimum absolute atomic E-state index is 0.211. The molecule has 2 aromatic rings. The van der Waals surface area contributed by atoms with Gasteiger partial charge in [-0.3, -0.25) is 4.90 Å². The smallest absolute Gasteiger partial charge is 0.0434 e. The van der Waals surface area contributed by atoms with Gasteiger partial charge in [-0.05, 0) is 36.1 Å². The van der Waals surface area contributed by atoms with Gasteiger partial charge in [-0.15, -0.1) is 0 Å². The van der Waals surface area contributed by atoms with Crippen molar-refractivity contribution in [1.82, 2.24) is 4.90 Å². The second-order valence-corrected chi connectivity index (χ2v) is 6.36. The molecular formula is C18H21ClN2. The van der Waals surface area contributed by atoms with Crippen molar-refractivity contribution in [2.45, 2.75) is 24.9 Å². The predicted molar refractivity (Wildman–Crippen MR) is 88.3 cm³/mol. The normalized spacial score (nSPS) is 18.6. The molecule has 2 nitrogen and oxygen atoms in total. The van der Waals surface area contributed by atoms with Gasteiger partial charge in [0.2, 0.25) is 0 Å². The first-order valence-corrected chi connectivity index (χ1v) is 7.85. The Morgan fingerprint density at radius 3 is 2.19 bits per heavy atom. The number of hydrogen-bond donors (Lipinski definition) is 1. The molecule has 1 aliphatic heterocycles. The van der Waals surface area contributed by atoms with E-state index in [-0.39, 0.29) is 5.54 Å². The Kier molecular flexibility index (Phi) is 4.29. The first-order valence-electron chi connectivity index (χ1n) is 7.47. The summed E-state index contributed by atoms with van der Waals surface area (Å²) in [4.78, 5) is 2.48. The third kappa shape index (κ3) is 3.46. The molecule has 21 heavy (non-hydrogen) atoms. The minimum atomic E-state index is -0.211. The molecule has 1 fully saturated rings. The molecule has 0 saturated carbocycles. The second-order valence-electron chi connectivity index (χ2n) is 5.92. The van der Waals surface area contributed by atoms with Gasteiger partial charge in [0.15, 0.2) is 0 Å². The Labute approximate surface area is 131 Å². The third-order valence-corrected chi connectivity index (χ3v) is 4.67. The van der Waals surface area contributed by atoms with Gasteiger partial charge in [0, 0.05) is 30.2 Å². The van der Waals surface area contributed by atoms with Crippen molar-refractivity contribution < 1.29 is 0 Å². The van der Waals surface area contributed by atoms with E-state index in [1.54, 1.807) is 0 Å². The molecule has 0 bridgehead atoms. The number of benzene rings is 2. The highest BCUT2D eigenvalue weighted by atomic mass is 35.5. The van der Waals surface area contributed by atoms with Gasteiger partial charge in [-0.25, -0.2) is 0 Å². The second kappa shape index (κ2) is 6.18. The van der Waals surface area contributed by atoms with E-state index in [0.29, 0.717) is 0 Å². The van der Waals surface area contributed by atoms with Crippen molar-refractivity contribution in [2.75, 3.05) is 13.1 Å². The van der Waals surface area contributed by atoms with Crippen LogP contribution in [0.4, 0.5) is 0 Å². The van der Waals surface area contributed by atoms with Crippen molar-refractivity contribution in [2.24, 2.45) is 5.73 Å². The number of halogens is 1. The summed E-state index contributed by atoms with van der Waals surface area (Å²) in [5.74, 6) is 0. The lowest BCUT2D eigenvalue weighted by atomic mass is 9.82. The Morgan fingerprint density at radius 2 is 1.57 bits per heavy atom. The van der Waals surface area contributed by atoms with Crippen molar-refractivity contribution >= 4 is 11.6 Å². The quantitative estimate of drug-likeness (QED) is 0.934. The van der Waals surface area contributed by atoms with Crippen LogP contribution in [-0.2, 0) is 12.1 Å². The van der Waals surface area contributed by atoms with Crippen molar-refractivity contribution in [3.05, 3.63) is 70.7 Å². The van der Waals surface area contributed by atoms with Crippen molar-refractivity contribution in [3.8, 4) is 0 Å². The van der Waals surface area contributed by atoms with Crippen LogP contribution in [0.25, 0.3) is 0 Å². The molecule has 0 atom stereocenters. The minimum Gasteiger partial charge on any atom is -0.321 e. The first kappa shape index (κ1) is 14.6. The molecule has 1 heterocycles. The van der Waals surface area contributed by atoms with E-state index < -0.39 is 0 Å². The maximum absolute atomic E-state index is 6.62. The fourth-order valence-corrected chi connectivity index (χ4v) is 3.15. The van der Waals surface area contributed by atoms with Crippen LogP contribution >= 0.6 is 11.6 Å². The van der Waals surface area contributed by atoms with Crippen LogP contribution < -0.4 is 5.73 Å². The first-order chi connectivity index (χ1) is 10.2. The molecule has 2 aromatic carbocycles. The van der Waals surface area contributed by atoms with Crippen molar-refractivity contribution in [1.29, 1.82) is 0 Å². The van der Waals surface area contributed by atoms with Crippen LogP contribution in [0.5, 0.6) is 0 Å². The zero-order valence-electron chi connectivity index (χ0n) is 12.1. The van der Waals surface area contributed by atoms with Crippen LogP contribution in [0.3, 0.4) is 0 Å². The van der Waals surface area contributed by atoms with E-state index in [0.717, 1.165) is 37.5 Å². The fraction of sp³-hybridized carbons (Fsp3) is 0.333. The zero-order valence-corrected chi connectivity index (χ0v) is 12.9. The fourth-order valence-electron chi connectivity index (χ4n) is 3.02. The monoisotopic (exact) mass is 300 g/mol. The van der Waals surface area contributed by atoms with E-state index in [4.69, 9.17) is 17.3 Å². The summed E-state index contributed by atoms with van der Waals surface area (Å²) in [6.07, 6.45) is 1.98. The molecule has 0 unspecified atom stereocenters. The molecule has 3 rings (SSSR count). The summed E-state index contributed by atoms with van der Waals surface area (Å²) >= 11 is 5.96. The highest BCUT2D eigenvalue weighted by molar-refractivity contribution is 6.30. The van der Waals surface area contributed by atoms with Crippen LogP contribution in [0.1, 0.15) is 24.0 Å². The van der Waals surface area contributed by atoms with Crippen LogP contribution in [-0.4, -0.2) is 18.0 Å². The largest absolute Gasteiger partial charge is 0.321 e. The number of nitrogens with two attached hydrogens (primary N) is 1. The van der Waals surface area contributed by atoms with E-state index in [9.17, 15) is 0 Å². The van der Waals surface area contributed by atoms with Crippen LogP contribution in [0.15, 0.2) is 54.6 Å². The van der Waals surface area contributed by atoms with Gasteiger partial charge >= 0.3 is 0 Å². The third-order valence-electron chi connectivity index (χ3n) is 4.42. The zero-order chi connectivity index (χ0) is 14.7. The number of likely N-dealkylation sites (tertiary alicyclic amines) is 1. The molecule has 1 aliphatic rings. The standard InChI is InChI=1S/C18H21ClN2/c19-17-8-6-16(7-9-17)18(20)10-12-21(13-11-18)14-15-4-2-1-3-5-15/h1-9H,10-14,20H2. The molecule has 0 aliphatic carbocycles. The Hall–Kier alpha value is -1.35. The lowest BCUT2D eigenvalue weighted by molar-refractivity contribution is 0.155. The molecular weight excluding hydrogens is 280 g/mol. The van der Waals surface area contributed by atoms with Gasteiger partial charge in [0.05, 0.1) is 0 Å². The highest BCUT2D eigenvalue weighted by Crippen LogP contribution is 2.31. The molecule has 2 N–H and O–H groups in total. The van der Waals surface area contributed by atoms with E-state index in [1.807, 2.05) is 12.1 Å². The molecule has 0 aromatic heterocycles. The topological polar surface area (TPSA) is 29.3 Å². The number of hydrogen-bond acceptors (Lipinski definition) is 2. The molecule has 0 spiro atoms. The lowest BCUT2D eigenvalue weighted by Gasteiger charge is -2.39. The van der Waals surface area contributed by atoms with E-state index in [2.05, 4.69) is 47.4 Å². The summed E-state index contributed by atoms with van der Waals surface area (Å²) in [7, 11) is 0. The maximum Gasteiger partial charge on any atom is 0.0434 e. The molecule has 0 amide bonds. The predicted octanol–water partition coefficient (Wildman–Crippen LogP) is 3.79. The number of nitrogens with zero attached hydrogens (tertiary/aromatic N) is 1. The van der Waals surface area contributed by atoms with Gasteiger partial charge in [-0.2, -0.15) is 0 Å². The average Bonchev–Trinajstić information content (AvgIpc) is 2.51.